The van der Waals surface area contributed by atoms with Gasteiger partial charge in [-0.05, 0) is 85.8 Å². The lowest BCUT2D eigenvalue weighted by atomic mass is 10.1. The van der Waals surface area contributed by atoms with Gasteiger partial charge in [-0.1, -0.05) is 24.3 Å². The van der Waals surface area contributed by atoms with E-state index in [0.29, 0.717) is 0 Å². The molecule has 0 spiro atoms. The molecule has 1 amide bonds. The number of carbonyl (C=O) groups is 1. The number of benzene rings is 2. The van der Waals surface area contributed by atoms with Gasteiger partial charge in [0.15, 0.2) is 0 Å². The minimum absolute atomic E-state index is 0.0294. The highest BCUT2D eigenvalue weighted by atomic mass is 32.2. The zero-order chi connectivity index (χ0) is 26.2. The first-order valence-corrected chi connectivity index (χ1v) is 13.6. The molecule has 1 unspecified atom stereocenters. The first kappa shape index (κ1) is 24.9. The molecule has 2 aromatic carbocycles. The standard InChI is InChI=1S/C28H29N5O3S/c1-18-14-29-16-21-5-8-22(12-24(18)21)31-28(34)26-13-25(26)20-6-9-23(10-7-20)37(35,36)32-27-11-4-19(15-30-27)17-33(2)3/h4-12,14-16,25-26H,13,17H2,1-3H3,(H,30,32)(H,31,34)/t25?,26-/m1/s1. The van der Waals surface area contributed by atoms with Crippen LogP contribution in [0.5, 0.6) is 0 Å². The lowest BCUT2D eigenvalue weighted by molar-refractivity contribution is -0.117. The van der Waals surface area contributed by atoms with E-state index in [9.17, 15) is 13.2 Å². The molecule has 5 rings (SSSR count). The van der Waals surface area contributed by atoms with Gasteiger partial charge in [-0.3, -0.25) is 14.5 Å². The number of nitrogens with one attached hydrogen (secondary N) is 2. The summed E-state index contributed by atoms with van der Waals surface area (Å²) in [4.78, 5) is 23.4. The van der Waals surface area contributed by atoms with E-state index in [2.05, 4.69) is 20.0 Å². The average Bonchev–Trinajstić information content (AvgIpc) is 3.67. The Morgan fingerprint density at radius 2 is 1.81 bits per heavy atom. The molecule has 37 heavy (non-hydrogen) atoms. The van der Waals surface area contributed by atoms with Gasteiger partial charge in [-0.2, -0.15) is 0 Å². The summed E-state index contributed by atoms with van der Waals surface area (Å²) in [5, 5.41) is 5.12. The maximum absolute atomic E-state index is 12.9. The van der Waals surface area contributed by atoms with Gasteiger partial charge in [0, 0.05) is 42.1 Å². The van der Waals surface area contributed by atoms with Crippen LogP contribution in [0.15, 0.2) is 78.1 Å². The van der Waals surface area contributed by atoms with Crippen molar-refractivity contribution in [1.82, 2.24) is 14.9 Å². The summed E-state index contributed by atoms with van der Waals surface area (Å²) in [6, 6.07) is 16.0. The third-order valence-electron chi connectivity index (χ3n) is 6.54. The fourth-order valence-corrected chi connectivity index (χ4v) is 5.52. The fraction of sp³-hybridized carbons (Fsp3) is 0.250. The Bertz CT molecular complexity index is 1550. The number of pyridine rings is 2. The molecule has 0 bridgehead atoms. The second-order valence-corrected chi connectivity index (χ2v) is 11.5. The highest BCUT2D eigenvalue weighted by Crippen LogP contribution is 2.48. The minimum Gasteiger partial charge on any atom is -0.326 e. The molecule has 0 saturated heterocycles. The molecule has 1 saturated carbocycles. The number of anilines is 2. The van der Waals surface area contributed by atoms with E-state index in [1.165, 1.54) is 0 Å². The van der Waals surface area contributed by atoms with Crippen molar-refractivity contribution in [2.45, 2.75) is 30.7 Å². The maximum atomic E-state index is 12.9. The predicted octanol–water partition coefficient (Wildman–Crippen LogP) is 4.54. The van der Waals surface area contributed by atoms with Crippen LogP contribution in [-0.2, 0) is 21.4 Å². The first-order chi connectivity index (χ1) is 17.7. The van der Waals surface area contributed by atoms with E-state index in [4.69, 9.17) is 0 Å². The van der Waals surface area contributed by atoms with Crippen molar-refractivity contribution < 1.29 is 13.2 Å². The quantitative estimate of drug-likeness (QED) is 0.357. The number of aryl methyl sites for hydroxylation is 1. The molecular weight excluding hydrogens is 486 g/mol. The largest absolute Gasteiger partial charge is 0.326 e. The number of hydrogen-bond donors (Lipinski definition) is 2. The third-order valence-corrected chi connectivity index (χ3v) is 7.91. The summed E-state index contributed by atoms with van der Waals surface area (Å²) in [7, 11) is 0.147. The number of fused-ring (bicyclic) bond motifs is 1. The fourth-order valence-electron chi connectivity index (χ4n) is 4.51. The Morgan fingerprint density at radius 1 is 1.03 bits per heavy atom. The topological polar surface area (TPSA) is 104 Å². The smallest absolute Gasteiger partial charge is 0.263 e. The van der Waals surface area contributed by atoms with Gasteiger partial charge in [-0.15, -0.1) is 0 Å². The molecular formula is C28H29N5O3S. The number of rotatable bonds is 8. The highest BCUT2D eigenvalue weighted by molar-refractivity contribution is 7.92. The zero-order valence-corrected chi connectivity index (χ0v) is 21.8. The predicted molar refractivity (Wildman–Crippen MR) is 145 cm³/mol. The van der Waals surface area contributed by atoms with Crippen molar-refractivity contribution >= 4 is 38.2 Å². The van der Waals surface area contributed by atoms with Crippen LogP contribution in [0, 0.1) is 12.8 Å². The molecule has 1 aliphatic carbocycles. The SMILES string of the molecule is Cc1cncc2ccc(NC(=O)[C@@H]3CC3c3ccc(S(=O)(=O)Nc4ccc(CN(C)C)cn4)cc3)cc12. The third kappa shape index (κ3) is 5.63. The molecule has 2 aromatic heterocycles. The van der Waals surface area contributed by atoms with Crippen LogP contribution in [0.1, 0.15) is 29.0 Å². The van der Waals surface area contributed by atoms with Gasteiger partial charge in [0.1, 0.15) is 5.82 Å². The summed E-state index contributed by atoms with van der Waals surface area (Å²) < 4.78 is 28.2. The van der Waals surface area contributed by atoms with Crippen LogP contribution in [0.4, 0.5) is 11.5 Å². The van der Waals surface area contributed by atoms with Crippen LogP contribution >= 0.6 is 0 Å². The number of aromatic nitrogens is 2. The van der Waals surface area contributed by atoms with E-state index in [0.717, 1.165) is 46.1 Å². The summed E-state index contributed by atoms with van der Waals surface area (Å²) >= 11 is 0. The molecule has 2 N–H and O–H groups in total. The Hall–Kier alpha value is -3.82. The lowest BCUT2D eigenvalue weighted by Crippen LogP contribution is -2.15. The normalized spacial score (nSPS) is 17.1. The number of hydrogen-bond acceptors (Lipinski definition) is 6. The Kier molecular flexibility index (Phi) is 6.66. The Balaban J connectivity index is 1.21. The van der Waals surface area contributed by atoms with Crippen molar-refractivity contribution in [3.05, 3.63) is 89.9 Å². The molecule has 8 nitrogen and oxygen atoms in total. The Morgan fingerprint density at radius 3 is 2.51 bits per heavy atom. The van der Waals surface area contributed by atoms with Crippen molar-refractivity contribution in [1.29, 1.82) is 0 Å². The van der Waals surface area contributed by atoms with Crippen LogP contribution in [0.25, 0.3) is 10.8 Å². The van der Waals surface area contributed by atoms with Crippen molar-refractivity contribution in [2.75, 3.05) is 24.1 Å². The van der Waals surface area contributed by atoms with E-state index < -0.39 is 10.0 Å². The van der Waals surface area contributed by atoms with Gasteiger partial charge in [0.05, 0.1) is 4.90 Å². The molecule has 1 aliphatic rings. The van der Waals surface area contributed by atoms with Crippen LogP contribution in [-0.4, -0.2) is 43.3 Å². The molecule has 9 heteroatoms. The average molecular weight is 516 g/mol. The highest BCUT2D eigenvalue weighted by Gasteiger charge is 2.44. The van der Waals surface area contributed by atoms with Gasteiger partial charge in [0.2, 0.25) is 5.91 Å². The number of nitrogens with zero attached hydrogens (tertiary/aromatic N) is 3. The van der Waals surface area contributed by atoms with Gasteiger partial charge in [-0.25, -0.2) is 13.4 Å². The molecule has 4 aromatic rings. The minimum atomic E-state index is -3.77. The molecule has 0 aliphatic heterocycles. The molecule has 0 radical (unpaired) electrons. The molecule has 1 fully saturated rings. The van der Waals surface area contributed by atoms with Gasteiger partial charge < -0.3 is 10.2 Å². The number of sulfonamides is 1. The second kappa shape index (κ2) is 9.91. The number of carbonyl (C=O) groups excluding carboxylic acids is 1. The Labute approximate surface area is 216 Å². The van der Waals surface area contributed by atoms with E-state index in [-0.39, 0.29) is 28.5 Å². The molecule has 190 valence electrons. The summed E-state index contributed by atoms with van der Waals surface area (Å²) in [5.41, 5.74) is 3.76. The molecule has 2 heterocycles. The van der Waals surface area contributed by atoms with E-state index in [1.807, 2.05) is 62.6 Å². The number of amides is 1. The second-order valence-electron chi connectivity index (χ2n) is 9.79. The van der Waals surface area contributed by atoms with Crippen LogP contribution in [0.3, 0.4) is 0 Å². The monoisotopic (exact) mass is 515 g/mol. The zero-order valence-electron chi connectivity index (χ0n) is 21.0. The molecule has 2 atom stereocenters. The van der Waals surface area contributed by atoms with Crippen molar-refractivity contribution in [3.63, 3.8) is 0 Å². The first-order valence-electron chi connectivity index (χ1n) is 12.1. The van der Waals surface area contributed by atoms with Crippen molar-refractivity contribution in [3.8, 4) is 0 Å². The summed E-state index contributed by atoms with van der Waals surface area (Å²) in [5.74, 6) is 0.172. The maximum Gasteiger partial charge on any atom is 0.263 e. The lowest BCUT2D eigenvalue weighted by Gasteiger charge is -2.11. The summed E-state index contributed by atoms with van der Waals surface area (Å²) in [6.45, 7) is 2.72. The van der Waals surface area contributed by atoms with E-state index >= 15 is 0 Å². The van der Waals surface area contributed by atoms with Crippen LogP contribution in [0.2, 0.25) is 0 Å². The van der Waals surface area contributed by atoms with Gasteiger partial charge in [0.25, 0.3) is 10.0 Å². The summed E-state index contributed by atoms with van der Waals surface area (Å²) in [6.07, 6.45) is 6.01. The van der Waals surface area contributed by atoms with Gasteiger partial charge >= 0.3 is 0 Å². The van der Waals surface area contributed by atoms with Crippen molar-refractivity contribution in [2.24, 2.45) is 5.92 Å². The van der Waals surface area contributed by atoms with E-state index in [1.54, 1.807) is 36.5 Å². The van der Waals surface area contributed by atoms with Crippen LogP contribution < -0.4 is 10.0 Å².